The van der Waals surface area contributed by atoms with Crippen molar-refractivity contribution >= 4 is 23.4 Å². The third kappa shape index (κ3) is 2.96. The number of fused-ring (bicyclic) bond motifs is 1. The predicted molar refractivity (Wildman–Crippen MR) is 105 cm³/mol. The monoisotopic (exact) mass is 324 g/mol. The van der Waals surface area contributed by atoms with E-state index in [-0.39, 0.29) is 0 Å². The second kappa shape index (κ2) is 6.56. The van der Waals surface area contributed by atoms with Gasteiger partial charge in [0.25, 0.3) is 0 Å². The molecule has 3 heteroatoms. The molecule has 25 heavy (non-hydrogen) atoms. The molecule has 0 amide bonds. The van der Waals surface area contributed by atoms with Gasteiger partial charge in [-0.05, 0) is 44.6 Å². The predicted octanol–water partition coefficient (Wildman–Crippen LogP) is 3.85. The minimum atomic E-state index is -1.49. The normalized spacial score (nSPS) is 10.8. The van der Waals surface area contributed by atoms with Crippen LogP contribution >= 0.6 is 0 Å². The van der Waals surface area contributed by atoms with Crippen LogP contribution in [0.15, 0.2) is 91.0 Å². The van der Waals surface area contributed by atoms with Gasteiger partial charge in [0.05, 0.1) is 0 Å². The van der Waals surface area contributed by atoms with Gasteiger partial charge in [-0.2, -0.15) is 0 Å². The van der Waals surface area contributed by atoms with E-state index in [0.29, 0.717) is 5.46 Å². The molecule has 4 aromatic carbocycles. The number of hydrogen-bond donors (Lipinski definition) is 2. The van der Waals surface area contributed by atoms with Crippen molar-refractivity contribution in [2.75, 3.05) is 0 Å². The molecule has 0 radical (unpaired) electrons. The van der Waals surface area contributed by atoms with Crippen molar-refractivity contribution < 1.29 is 10.0 Å². The molecule has 0 aliphatic rings. The summed E-state index contributed by atoms with van der Waals surface area (Å²) in [6.45, 7) is 0. The van der Waals surface area contributed by atoms with Gasteiger partial charge in [-0.1, -0.05) is 84.9 Å². The second-order valence-electron chi connectivity index (χ2n) is 6.07. The maximum atomic E-state index is 9.73. The molecule has 2 N–H and O–H groups in total. The molecule has 0 atom stereocenters. The van der Waals surface area contributed by atoms with Gasteiger partial charge in [-0.25, -0.2) is 0 Å². The van der Waals surface area contributed by atoms with Crippen LogP contribution in [0.5, 0.6) is 0 Å². The standard InChI is InChI=1S/C22H17BO2/c24-23(25)22-14-13-19(17-9-5-2-6-10-17)21-15-18(11-12-20(21)22)16-7-3-1-4-8-16/h1-15,24-25H. The third-order valence-corrected chi connectivity index (χ3v) is 4.52. The zero-order valence-corrected chi connectivity index (χ0v) is 13.6. The van der Waals surface area contributed by atoms with Crippen molar-refractivity contribution in [2.24, 2.45) is 0 Å². The molecule has 0 saturated heterocycles. The third-order valence-electron chi connectivity index (χ3n) is 4.52. The fourth-order valence-corrected chi connectivity index (χ4v) is 3.28. The second-order valence-corrected chi connectivity index (χ2v) is 6.07. The Bertz CT molecular complexity index is 1010. The van der Waals surface area contributed by atoms with Crippen LogP contribution in [0.25, 0.3) is 33.0 Å². The highest BCUT2D eigenvalue weighted by molar-refractivity contribution is 6.62. The van der Waals surface area contributed by atoms with E-state index in [9.17, 15) is 10.0 Å². The topological polar surface area (TPSA) is 40.5 Å². The zero-order chi connectivity index (χ0) is 17.2. The largest absolute Gasteiger partial charge is 0.489 e. The van der Waals surface area contributed by atoms with Crippen LogP contribution in [0.3, 0.4) is 0 Å². The molecule has 0 aromatic heterocycles. The van der Waals surface area contributed by atoms with Crippen LogP contribution in [-0.4, -0.2) is 17.2 Å². The molecule has 0 unspecified atom stereocenters. The molecule has 0 spiro atoms. The van der Waals surface area contributed by atoms with E-state index in [2.05, 4.69) is 30.3 Å². The molecule has 0 heterocycles. The Kier molecular flexibility index (Phi) is 4.10. The van der Waals surface area contributed by atoms with Gasteiger partial charge >= 0.3 is 7.12 Å². The van der Waals surface area contributed by atoms with E-state index in [1.807, 2.05) is 54.6 Å². The van der Waals surface area contributed by atoms with Gasteiger partial charge in [0.1, 0.15) is 0 Å². The van der Waals surface area contributed by atoms with E-state index in [4.69, 9.17) is 0 Å². The lowest BCUT2D eigenvalue weighted by Gasteiger charge is -2.13. The minimum absolute atomic E-state index is 0.522. The van der Waals surface area contributed by atoms with Crippen LogP contribution in [0, 0.1) is 0 Å². The van der Waals surface area contributed by atoms with Crippen LogP contribution in [-0.2, 0) is 0 Å². The molecule has 4 rings (SSSR count). The Morgan fingerprint density at radius 2 is 1.16 bits per heavy atom. The summed E-state index contributed by atoms with van der Waals surface area (Å²) in [5.74, 6) is 0. The summed E-state index contributed by atoms with van der Waals surface area (Å²) < 4.78 is 0. The average molecular weight is 324 g/mol. The van der Waals surface area contributed by atoms with Gasteiger partial charge in [-0.15, -0.1) is 0 Å². The van der Waals surface area contributed by atoms with Crippen molar-refractivity contribution in [1.29, 1.82) is 0 Å². The van der Waals surface area contributed by atoms with E-state index in [1.165, 1.54) is 0 Å². The molecular formula is C22H17BO2. The van der Waals surface area contributed by atoms with E-state index < -0.39 is 7.12 Å². The summed E-state index contributed by atoms with van der Waals surface area (Å²) in [5, 5.41) is 21.3. The van der Waals surface area contributed by atoms with Crippen LogP contribution in [0.2, 0.25) is 0 Å². The first kappa shape index (κ1) is 15.6. The SMILES string of the molecule is OB(O)c1ccc(-c2ccccc2)c2cc(-c3ccccc3)ccc12. The van der Waals surface area contributed by atoms with Gasteiger partial charge in [0, 0.05) is 0 Å². The Morgan fingerprint density at radius 3 is 1.80 bits per heavy atom. The Labute approximate surface area is 147 Å². The highest BCUT2D eigenvalue weighted by atomic mass is 16.4. The van der Waals surface area contributed by atoms with Crippen molar-refractivity contribution in [3.05, 3.63) is 91.0 Å². The Balaban J connectivity index is 2.00. The van der Waals surface area contributed by atoms with Gasteiger partial charge in [0.15, 0.2) is 0 Å². The molecule has 4 aromatic rings. The van der Waals surface area contributed by atoms with Gasteiger partial charge in [-0.3, -0.25) is 0 Å². The van der Waals surface area contributed by atoms with Crippen LogP contribution in [0.4, 0.5) is 0 Å². The fourth-order valence-electron chi connectivity index (χ4n) is 3.28. The number of hydrogen-bond acceptors (Lipinski definition) is 2. The van der Waals surface area contributed by atoms with Crippen LogP contribution < -0.4 is 5.46 Å². The summed E-state index contributed by atoms with van der Waals surface area (Å²) in [4.78, 5) is 0. The van der Waals surface area contributed by atoms with Crippen molar-refractivity contribution in [3.63, 3.8) is 0 Å². The maximum Gasteiger partial charge on any atom is 0.489 e. The average Bonchev–Trinajstić information content (AvgIpc) is 2.68. The molecule has 0 aliphatic heterocycles. The summed E-state index contributed by atoms with van der Waals surface area (Å²) in [5.41, 5.74) is 4.96. The number of benzene rings is 4. The fraction of sp³-hybridized carbons (Fsp3) is 0. The van der Waals surface area contributed by atoms with E-state index in [1.54, 1.807) is 6.07 Å². The smallest absolute Gasteiger partial charge is 0.423 e. The highest BCUT2D eigenvalue weighted by Gasteiger charge is 2.17. The lowest BCUT2D eigenvalue weighted by Crippen LogP contribution is -2.30. The quantitative estimate of drug-likeness (QED) is 0.562. The molecular weight excluding hydrogens is 307 g/mol. The summed E-state index contributed by atoms with van der Waals surface area (Å²) in [7, 11) is -1.49. The minimum Gasteiger partial charge on any atom is -0.423 e. The van der Waals surface area contributed by atoms with Crippen molar-refractivity contribution in [2.45, 2.75) is 0 Å². The Morgan fingerprint density at radius 1 is 0.520 bits per heavy atom. The first-order valence-corrected chi connectivity index (χ1v) is 8.28. The van der Waals surface area contributed by atoms with Gasteiger partial charge in [0.2, 0.25) is 0 Å². The first-order valence-electron chi connectivity index (χ1n) is 8.28. The van der Waals surface area contributed by atoms with Crippen molar-refractivity contribution in [1.82, 2.24) is 0 Å². The molecule has 0 bridgehead atoms. The van der Waals surface area contributed by atoms with E-state index >= 15 is 0 Å². The van der Waals surface area contributed by atoms with E-state index in [0.717, 1.165) is 33.0 Å². The van der Waals surface area contributed by atoms with Gasteiger partial charge < -0.3 is 10.0 Å². The van der Waals surface area contributed by atoms with Crippen molar-refractivity contribution in [3.8, 4) is 22.3 Å². The summed E-state index contributed by atoms with van der Waals surface area (Å²) in [6, 6.07) is 30.2. The first-order chi connectivity index (χ1) is 12.2. The molecule has 2 nitrogen and oxygen atoms in total. The summed E-state index contributed by atoms with van der Waals surface area (Å²) >= 11 is 0. The molecule has 120 valence electrons. The highest BCUT2D eigenvalue weighted by Crippen LogP contribution is 2.31. The summed E-state index contributed by atoms with van der Waals surface area (Å²) in [6.07, 6.45) is 0. The molecule has 0 fully saturated rings. The van der Waals surface area contributed by atoms with Crippen LogP contribution in [0.1, 0.15) is 0 Å². The number of rotatable bonds is 3. The lowest BCUT2D eigenvalue weighted by atomic mass is 9.75. The molecule has 0 aliphatic carbocycles. The zero-order valence-electron chi connectivity index (χ0n) is 13.6. The maximum absolute atomic E-state index is 9.73. The Hall–Kier alpha value is -2.88. The lowest BCUT2D eigenvalue weighted by molar-refractivity contribution is 0.426. The molecule has 0 saturated carbocycles.